The zero-order chi connectivity index (χ0) is 22.1. The van der Waals surface area contributed by atoms with Gasteiger partial charge in [-0.15, -0.1) is 0 Å². The average molecular weight is 404 g/mol. The zero-order valence-electron chi connectivity index (χ0n) is 16.4. The maximum absolute atomic E-state index is 11.6. The monoisotopic (exact) mass is 404 g/mol. The lowest BCUT2D eigenvalue weighted by molar-refractivity contribution is -0.327. The molecule has 0 aromatic rings. The van der Waals surface area contributed by atoms with Crippen molar-refractivity contribution in [3.8, 4) is 0 Å². The van der Waals surface area contributed by atoms with Gasteiger partial charge in [-0.1, -0.05) is 27.7 Å². The van der Waals surface area contributed by atoms with Gasteiger partial charge in [0.05, 0.1) is 0 Å². The quantitative estimate of drug-likeness (QED) is 0.505. The van der Waals surface area contributed by atoms with Crippen LogP contribution in [0.3, 0.4) is 0 Å². The first-order valence-electron chi connectivity index (χ1n) is 6.99. The second-order valence-corrected chi connectivity index (χ2v) is 9.96. The van der Waals surface area contributed by atoms with E-state index in [0.717, 1.165) is 12.5 Å². The van der Waals surface area contributed by atoms with Crippen molar-refractivity contribution in [2.24, 2.45) is 10.8 Å². The summed E-state index contributed by atoms with van der Waals surface area (Å²) in [5.74, 6) is 0.167. The molecule has 0 bridgehead atoms. The number of alkyl halides is 6. The third-order valence-corrected chi connectivity index (χ3v) is 1.42. The van der Waals surface area contributed by atoms with Gasteiger partial charge in [-0.05, 0) is 33.1 Å². The van der Waals surface area contributed by atoms with E-state index in [1.807, 2.05) is 0 Å². The first-order valence-corrected chi connectivity index (χ1v) is 9.29. The van der Waals surface area contributed by atoms with E-state index < -0.39 is 27.6 Å². The summed E-state index contributed by atoms with van der Waals surface area (Å²) in [4.78, 5) is 9.44. The molecule has 0 saturated heterocycles. The second kappa shape index (κ2) is 11.0. The molecule has 0 aliphatic rings. The Kier molecular flexibility index (Phi) is 14.1. The molecule has 0 rings (SSSR count). The molecule has 0 aromatic carbocycles. The van der Waals surface area contributed by atoms with Crippen molar-refractivity contribution in [3.63, 3.8) is 0 Å². The van der Waals surface area contributed by atoms with E-state index in [1.165, 1.54) is 13.8 Å². The SMILES string of the molecule is CC(C)(C(F)(F)F)C(F)(F)F.CC(C)(C)C.CC(C)=O.CS(C)(=O)=O. The fourth-order valence-corrected chi connectivity index (χ4v) is 0.161. The summed E-state index contributed by atoms with van der Waals surface area (Å²) in [6, 6.07) is 0. The summed E-state index contributed by atoms with van der Waals surface area (Å²) in [5.41, 5.74) is -3.12. The minimum absolute atomic E-state index is 0.104. The lowest BCUT2D eigenvalue weighted by Gasteiger charge is -2.29. The molecule has 156 valence electrons. The van der Waals surface area contributed by atoms with Gasteiger partial charge >= 0.3 is 12.4 Å². The summed E-state index contributed by atoms with van der Waals surface area (Å²) >= 11 is 0. The topological polar surface area (TPSA) is 51.2 Å². The molecular weight excluding hydrogens is 374 g/mol. The molecule has 25 heavy (non-hydrogen) atoms. The molecule has 0 atom stereocenters. The van der Waals surface area contributed by atoms with Crippen molar-refractivity contribution in [1.29, 1.82) is 0 Å². The highest BCUT2D eigenvalue weighted by atomic mass is 32.2. The Hall–Kier alpha value is -0.800. The third-order valence-electron chi connectivity index (χ3n) is 1.42. The van der Waals surface area contributed by atoms with E-state index in [9.17, 15) is 39.6 Å². The Morgan fingerprint density at radius 2 is 0.760 bits per heavy atom. The van der Waals surface area contributed by atoms with Gasteiger partial charge in [0.1, 0.15) is 15.6 Å². The van der Waals surface area contributed by atoms with E-state index in [-0.39, 0.29) is 19.6 Å². The summed E-state index contributed by atoms with van der Waals surface area (Å²) < 4.78 is 88.9. The van der Waals surface area contributed by atoms with Gasteiger partial charge in [0, 0.05) is 12.5 Å². The minimum atomic E-state index is -5.24. The zero-order valence-corrected chi connectivity index (χ0v) is 17.2. The van der Waals surface area contributed by atoms with Crippen LogP contribution in [-0.2, 0) is 14.6 Å². The summed E-state index contributed by atoms with van der Waals surface area (Å²) in [6.07, 6.45) is -8.17. The number of halogens is 6. The van der Waals surface area contributed by atoms with Crippen LogP contribution in [0.1, 0.15) is 55.4 Å². The summed E-state index contributed by atoms with van der Waals surface area (Å²) in [7, 11) is -2.67. The number of carbonyl (C=O) groups is 1. The number of rotatable bonds is 0. The molecule has 0 radical (unpaired) electrons. The molecule has 10 heteroatoms. The molecule has 0 fully saturated rings. The van der Waals surface area contributed by atoms with E-state index >= 15 is 0 Å². The van der Waals surface area contributed by atoms with Gasteiger partial charge < -0.3 is 4.79 Å². The van der Waals surface area contributed by atoms with Crippen molar-refractivity contribution < 1.29 is 39.6 Å². The summed E-state index contributed by atoms with van der Waals surface area (Å²) in [5, 5.41) is 0. The van der Waals surface area contributed by atoms with Crippen LogP contribution in [0, 0.1) is 10.8 Å². The molecule has 0 aliphatic carbocycles. The highest BCUT2D eigenvalue weighted by molar-refractivity contribution is 7.89. The molecule has 0 spiro atoms. The number of hydrogen-bond acceptors (Lipinski definition) is 3. The standard InChI is InChI=1S/C5H6F6.C5H12.C3H6O.C2H6O2S/c1-3(2,4(6,7)8)5(9,10)11;1-5(2,3)4;1-3(2)4;1-5(2,3)4/h1-2H3;1-4H3;1-2H3;1-2H3. The van der Waals surface area contributed by atoms with Gasteiger partial charge in [0.15, 0.2) is 5.41 Å². The largest absolute Gasteiger partial charge is 0.402 e. The van der Waals surface area contributed by atoms with Crippen molar-refractivity contribution in [1.82, 2.24) is 0 Å². The predicted molar refractivity (Wildman–Crippen MR) is 88.1 cm³/mol. The normalized spacial score (nSPS) is 12.5. The molecule has 3 nitrogen and oxygen atoms in total. The van der Waals surface area contributed by atoms with Crippen LogP contribution in [0.2, 0.25) is 0 Å². The van der Waals surface area contributed by atoms with Crippen LogP contribution >= 0.6 is 0 Å². The smallest absolute Gasteiger partial charge is 0.300 e. The van der Waals surface area contributed by atoms with Crippen LogP contribution in [0.25, 0.3) is 0 Å². The first-order chi connectivity index (χ1) is 10.2. The molecule has 0 N–H and O–H groups in total. The average Bonchev–Trinajstić information content (AvgIpc) is 2.05. The molecule has 0 saturated carbocycles. The number of ketones is 1. The molecule has 0 heterocycles. The van der Waals surface area contributed by atoms with Crippen molar-refractivity contribution in [2.45, 2.75) is 67.7 Å². The minimum Gasteiger partial charge on any atom is -0.300 e. The maximum Gasteiger partial charge on any atom is 0.402 e. The van der Waals surface area contributed by atoms with Crippen LogP contribution in [0.15, 0.2) is 0 Å². The number of hydrogen-bond donors (Lipinski definition) is 0. The highest BCUT2D eigenvalue weighted by Crippen LogP contribution is 2.49. The Balaban J connectivity index is -0.000000132. The third kappa shape index (κ3) is 35.2. The lowest BCUT2D eigenvalue weighted by Crippen LogP contribution is -2.44. The Morgan fingerprint density at radius 1 is 0.680 bits per heavy atom. The van der Waals surface area contributed by atoms with Crippen LogP contribution in [0.4, 0.5) is 26.3 Å². The maximum atomic E-state index is 11.6. The van der Waals surface area contributed by atoms with Gasteiger partial charge in [-0.2, -0.15) is 26.3 Å². The van der Waals surface area contributed by atoms with Crippen molar-refractivity contribution >= 4 is 15.6 Å². The van der Waals surface area contributed by atoms with Crippen LogP contribution < -0.4 is 0 Å². The van der Waals surface area contributed by atoms with Gasteiger partial charge in [-0.3, -0.25) is 0 Å². The van der Waals surface area contributed by atoms with E-state index in [1.54, 1.807) is 0 Å². The van der Waals surface area contributed by atoms with Gasteiger partial charge in [-0.25, -0.2) is 8.42 Å². The number of carbonyl (C=O) groups excluding carboxylic acids is 1. The lowest BCUT2D eigenvalue weighted by atomic mass is 9.92. The van der Waals surface area contributed by atoms with Crippen LogP contribution in [-0.4, -0.2) is 39.1 Å². The molecule has 0 unspecified atom stereocenters. The van der Waals surface area contributed by atoms with E-state index in [0.29, 0.717) is 5.41 Å². The van der Waals surface area contributed by atoms with Gasteiger partial charge in [0.2, 0.25) is 0 Å². The van der Waals surface area contributed by atoms with Crippen LogP contribution in [0.5, 0.6) is 0 Å². The highest BCUT2D eigenvalue weighted by Gasteiger charge is 2.64. The van der Waals surface area contributed by atoms with Crippen molar-refractivity contribution in [2.75, 3.05) is 12.5 Å². The summed E-state index contributed by atoms with van der Waals surface area (Å²) in [6.45, 7) is 12.0. The predicted octanol–water partition coefficient (Wildman–Crippen LogP) is 5.45. The van der Waals surface area contributed by atoms with E-state index in [4.69, 9.17) is 0 Å². The fourth-order valence-electron chi connectivity index (χ4n) is 0.161. The number of Topliss-reactive ketones (excluding diaryl/α,β-unsaturated/α-hetero) is 1. The Bertz CT molecular complexity index is 435. The Morgan fingerprint density at radius 3 is 0.760 bits per heavy atom. The number of sulfone groups is 1. The Labute approximate surface area is 147 Å². The molecule has 0 aromatic heterocycles. The molecule has 0 aliphatic heterocycles. The second-order valence-electron chi connectivity index (χ2n) is 7.67. The first kappa shape index (κ1) is 31.9. The van der Waals surface area contributed by atoms with Crippen molar-refractivity contribution in [3.05, 3.63) is 0 Å². The van der Waals surface area contributed by atoms with Gasteiger partial charge in [0.25, 0.3) is 0 Å². The molecular formula is C15H30F6O3S. The fraction of sp³-hybridized carbons (Fsp3) is 0.933. The molecule has 0 amide bonds. The van der Waals surface area contributed by atoms with E-state index in [2.05, 4.69) is 27.7 Å².